The Balaban J connectivity index is 1.72. The van der Waals surface area contributed by atoms with Crippen molar-refractivity contribution in [1.29, 1.82) is 0 Å². The number of pyridine rings is 1. The number of benzene rings is 2. The van der Waals surface area contributed by atoms with Crippen LogP contribution < -0.4 is 4.74 Å². The zero-order valence-corrected chi connectivity index (χ0v) is 16.0. The molecule has 0 spiro atoms. The van der Waals surface area contributed by atoms with Crippen LogP contribution in [0.25, 0.3) is 11.3 Å². The number of ketones is 1. The van der Waals surface area contributed by atoms with Crippen molar-refractivity contribution in [2.75, 3.05) is 7.11 Å². The van der Waals surface area contributed by atoms with Gasteiger partial charge in [-0.15, -0.1) is 0 Å². The van der Waals surface area contributed by atoms with E-state index >= 15 is 0 Å². The highest BCUT2D eigenvalue weighted by molar-refractivity contribution is 6.01. The minimum Gasteiger partial charge on any atom is -0.497 e. The van der Waals surface area contributed by atoms with Gasteiger partial charge in [0, 0.05) is 11.1 Å². The number of carbonyl (C=O) groups is 2. The first-order valence-corrected chi connectivity index (χ1v) is 8.92. The van der Waals surface area contributed by atoms with Crippen molar-refractivity contribution in [2.45, 2.75) is 20.0 Å². The number of esters is 1. The van der Waals surface area contributed by atoms with Crippen molar-refractivity contribution >= 4 is 11.8 Å². The van der Waals surface area contributed by atoms with Crippen LogP contribution in [0.1, 0.15) is 33.3 Å². The Kier molecular flexibility index (Phi) is 5.84. The molecule has 2 aromatic carbocycles. The minimum atomic E-state index is -0.908. The quantitative estimate of drug-likeness (QED) is 0.469. The number of rotatable bonds is 6. The van der Waals surface area contributed by atoms with Gasteiger partial charge < -0.3 is 9.47 Å². The number of Topliss-reactive ketones (excluding diaryl/α,β-unsaturated/α-hetero) is 1. The molecule has 5 nitrogen and oxygen atoms in total. The van der Waals surface area contributed by atoms with Crippen LogP contribution in [-0.4, -0.2) is 30.0 Å². The fraction of sp³-hybridized carbons (Fsp3) is 0.174. The molecule has 1 heterocycles. The molecule has 0 aliphatic heterocycles. The van der Waals surface area contributed by atoms with E-state index in [0.29, 0.717) is 22.6 Å². The summed E-state index contributed by atoms with van der Waals surface area (Å²) in [6.07, 6.45) is -0.908. The lowest BCUT2D eigenvalue weighted by atomic mass is 10.1. The van der Waals surface area contributed by atoms with Crippen LogP contribution in [0.2, 0.25) is 0 Å². The van der Waals surface area contributed by atoms with Crippen molar-refractivity contribution in [3.63, 3.8) is 0 Å². The maximum Gasteiger partial charge on any atom is 0.340 e. The minimum absolute atomic E-state index is 0.275. The molecule has 1 atom stereocenters. The summed E-state index contributed by atoms with van der Waals surface area (Å²) in [6.45, 7) is 3.31. The van der Waals surface area contributed by atoms with Crippen LogP contribution in [-0.2, 0) is 4.74 Å². The highest BCUT2D eigenvalue weighted by Gasteiger charge is 2.22. The average molecular weight is 375 g/mol. The Bertz CT molecular complexity index is 981. The second-order valence-electron chi connectivity index (χ2n) is 6.34. The van der Waals surface area contributed by atoms with Gasteiger partial charge in [-0.1, -0.05) is 30.3 Å². The first kappa shape index (κ1) is 19.3. The smallest absolute Gasteiger partial charge is 0.340 e. The SMILES string of the molecule is COc1ccc(C(=O)C(C)OC(=O)c2ccc(-c3ccccc3)nc2C)cc1. The highest BCUT2D eigenvalue weighted by Crippen LogP contribution is 2.20. The molecule has 3 aromatic rings. The van der Waals surface area contributed by atoms with Crippen LogP contribution >= 0.6 is 0 Å². The first-order valence-electron chi connectivity index (χ1n) is 8.92. The van der Waals surface area contributed by atoms with E-state index in [-0.39, 0.29) is 5.78 Å². The number of methoxy groups -OCH3 is 1. The summed E-state index contributed by atoms with van der Waals surface area (Å²) in [5.74, 6) is -0.192. The molecule has 1 unspecified atom stereocenters. The van der Waals surface area contributed by atoms with E-state index in [9.17, 15) is 9.59 Å². The lowest BCUT2D eigenvalue weighted by Gasteiger charge is -2.14. The number of carbonyl (C=O) groups excluding carboxylic acids is 2. The van der Waals surface area contributed by atoms with Gasteiger partial charge in [-0.2, -0.15) is 0 Å². The Hall–Kier alpha value is -3.47. The molecule has 0 aliphatic carbocycles. The first-order chi connectivity index (χ1) is 13.5. The number of nitrogens with zero attached hydrogens (tertiary/aromatic N) is 1. The Morgan fingerprint density at radius 2 is 1.61 bits per heavy atom. The number of hydrogen-bond donors (Lipinski definition) is 0. The van der Waals surface area contributed by atoms with Gasteiger partial charge in [0.25, 0.3) is 0 Å². The molecular weight excluding hydrogens is 354 g/mol. The standard InChI is InChI=1S/C23H21NO4/c1-15-20(13-14-21(24-15)17-7-5-4-6-8-17)23(26)28-16(2)22(25)18-9-11-19(27-3)12-10-18/h4-14,16H,1-3H3. The van der Waals surface area contributed by atoms with Crippen molar-refractivity contribution in [1.82, 2.24) is 4.98 Å². The van der Waals surface area contributed by atoms with Crippen LogP contribution in [0.15, 0.2) is 66.7 Å². The van der Waals surface area contributed by atoms with Crippen molar-refractivity contribution in [3.05, 3.63) is 83.6 Å². The molecule has 0 fully saturated rings. The molecule has 0 saturated heterocycles. The largest absolute Gasteiger partial charge is 0.497 e. The Labute approximate surface area is 164 Å². The fourth-order valence-electron chi connectivity index (χ4n) is 2.81. The van der Waals surface area contributed by atoms with Gasteiger partial charge in [0.15, 0.2) is 6.10 Å². The predicted octanol–water partition coefficient (Wildman–Crippen LogP) is 4.49. The van der Waals surface area contributed by atoms with Crippen molar-refractivity contribution in [2.24, 2.45) is 0 Å². The van der Waals surface area contributed by atoms with Crippen LogP contribution in [0.5, 0.6) is 5.75 Å². The molecular formula is C23H21NO4. The van der Waals surface area contributed by atoms with Gasteiger partial charge in [-0.3, -0.25) is 9.78 Å². The van der Waals surface area contributed by atoms with E-state index in [1.165, 1.54) is 0 Å². The molecule has 0 N–H and O–H groups in total. The van der Waals surface area contributed by atoms with Crippen LogP contribution in [0, 0.1) is 6.92 Å². The maximum atomic E-state index is 12.5. The average Bonchev–Trinajstić information content (AvgIpc) is 2.73. The molecule has 1 aromatic heterocycles. The van der Waals surface area contributed by atoms with E-state index in [1.54, 1.807) is 57.4 Å². The van der Waals surface area contributed by atoms with Crippen LogP contribution in [0.4, 0.5) is 0 Å². The van der Waals surface area contributed by atoms with E-state index in [4.69, 9.17) is 9.47 Å². The molecule has 0 aliphatic rings. The number of hydrogen-bond acceptors (Lipinski definition) is 5. The van der Waals surface area contributed by atoms with E-state index < -0.39 is 12.1 Å². The third-order valence-electron chi connectivity index (χ3n) is 4.40. The van der Waals surface area contributed by atoms with E-state index in [0.717, 1.165) is 11.3 Å². The Morgan fingerprint density at radius 1 is 0.929 bits per heavy atom. The summed E-state index contributed by atoms with van der Waals surface area (Å²) in [6, 6.07) is 19.8. The van der Waals surface area contributed by atoms with Gasteiger partial charge in [0.2, 0.25) is 5.78 Å². The zero-order valence-electron chi connectivity index (χ0n) is 16.0. The van der Waals surface area contributed by atoms with Gasteiger partial charge >= 0.3 is 5.97 Å². The summed E-state index contributed by atoms with van der Waals surface area (Å²) in [5, 5.41) is 0. The molecule has 0 amide bonds. The molecule has 5 heteroatoms. The summed E-state index contributed by atoms with van der Waals surface area (Å²) in [7, 11) is 1.56. The topological polar surface area (TPSA) is 65.5 Å². The fourth-order valence-corrected chi connectivity index (χ4v) is 2.81. The third-order valence-corrected chi connectivity index (χ3v) is 4.40. The normalized spacial score (nSPS) is 11.5. The Morgan fingerprint density at radius 3 is 2.21 bits per heavy atom. The van der Waals surface area contributed by atoms with Crippen molar-refractivity contribution < 1.29 is 19.1 Å². The van der Waals surface area contributed by atoms with Crippen molar-refractivity contribution in [3.8, 4) is 17.0 Å². The molecule has 142 valence electrons. The third kappa shape index (κ3) is 4.26. The molecule has 0 radical (unpaired) electrons. The lowest BCUT2D eigenvalue weighted by molar-refractivity contribution is 0.0317. The van der Waals surface area contributed by atoms with Gasteiger partial charge in [0.1, 0.15) is 5.75 Å². The van der Waals surface area contributed by atoms with Gasteiger partial charge in [-0.05, 0) is 50.2 Å². The van der Waals surface area contributed by atoms with Gasteiger partial charge in [-0.25, -0.2) is 4.79 Å². The zero-order chi connectivity index (χ0) is 20.1. The van der Waals surface area contributed by atoms with Gasteiger partial charge in [0.05, 0.1) is 24.1 Å². The molecule has 3 rings (SSSR count). The summed E-state index contributed by atoms with van der Waals surface area (Å²) < 4.78 is 10.5. The van der Waals surface area contributed by atoms with E-state index in [1.807, 2.05) is 30.3 Å². The molecule has 28 heavy (non-hydrogen) atoms. The van der Waals surface area contributed by atoms with Crippen LogP contribution in [0.3, 0.4) is 0 Å². The number of ether oxygens (including phenoxy) is 2. The monoisotopic (exact) mass is 375 g/mol. The summed E-state index contributed by atoms with van der Waals surface area (Å²) >= 11 is 0. The number of aromatic nitrogens is 1. The lowest BCUT2D eigenvalue weighted by Crippen LogP contribution is -2.25. The second-order valence-corrected chi connectivity index (χ2v) is 6.34. The second kappa shape index (κ2) is 8.48. The summed E-state index contributed by atoms with van der Waals surface area (Å²) in [4.78, 5) is 29.5. The predicted molar refractivity (Wildman–Crippen MR) is 107 cm³/mol. The molecule has 0 bridgehead atoms. The summed E-state index contributed by atoms with van der Waals surface area (Å²) in [5.41, 5.74) is 3.09. The molecule has 0 saturated carbocycles. The number of aryl methyl sites for hydroxylation is 1. The maximum absolute atomic E-state index is 12.5. The van der Waals surface area contributed by atoms with E-state index in [2.05, 4.69) is 4.98 Å². The highest BCUT2D eigenvalue weighted by atomic mass is 16.5.